The summed E-state index contributed by atoms with van der Waals surface area (Å²) in [5.41, 5.74) is 0.456. The van der Waals surface area contributed by atoms with E-state index in [2.05, 4.69) is 15.9 Å². The summed E-state index contributed by atoms with van der Waals surface area (Å²) in [7, 11) is 0. The molecule has 0 bridgehead atoms. The van der Waals surface area contributed by atoms with Crippen molar-refractivity contribution in [1.82, 2.24) is 5.06 Å². The number of hydroxylamine groups is 2. The van der Waals surface area contributed by atoms with Crippen LogP contribution in [0.4, 0.5) is 0 Å². The SMILES string of the molecule is CC(C)(C)OC(=O)CCC(=O)N(CCCCCBr)OCc1ccccc1. The Balaban J connectivity index is 2.52. The van der Waals surface area contributed by atoms with E-state index in [1.165, 1.54) is 5.06 Å². The maximum Gasteiger partial charge on any atom is 0.306 e. The van der Waals surface area contributed by atoms with Gasteiger partial charge in [0.1, 0.15) is 12.2 Å². The van der Waals surface area contributed by atoms with Gasteiger partial charge in [-0.15, -0.1) is 0 Å². The maximum atomic E-state index is 12.5. The van der Waals surface area contributed by atoms with Crippen LogP contribution in [0.1, 0.15) is 58.4 Å². The molecule has 0 saturated carbocycles. The predicted molar refractivity (Wildman–Crippen MR) is 106 cm³/mol. The summed E-state index contributed by atoms with van der Waals surface area (Å²) in [6.45, 7) is 6.29. The molecule has 146 valence electrons. The van der Waals surface area contributed by atoms with Crippen molar-refractivity contribution in [3.8, 4) is 0 Å². The Hall–Kier alpha value is -1.40. The fourth-order valence-corrected chi connectivity index (χ4v) is 2.64. The molecule has 0 N–H and O–H groups in total. The molecule has 0 aliphatic heterocycles. The molecule has 0 heterocycles. The van der Waals surface area contributed by atoms with Gasteiger partial charge in [-0.05, 0) is 39.2 Å². The van der Waals surface area contributed by atoms with E-state index < -0.39 is 5.60 Å². The third-order valence-electron chi connectivity index (χ3n) is 3.47. The van der Waals surface area contributed by atoms with Crippen LogP contribution in [0.15, 0.2) is 30.3 Å². The van der Waals surface area contributed by atoms with E-state index in [0.29, 0.717) is 13.2 Å². The van der Waals surface area contributed by atoms with E-state index in [1.807, 2.05) is 51.1 Å². The first-order valence-electron chi connectivity index (χ1n) is 9.07. The quantitative estimate of drug-likeness (QED) is 0.223. The van der Waals surface area contributed by atoms with Crippen molar-refractivity contribution in [2.75, 3.05) is 11.9 Å². The summed E-state index contributed by atoms with van der Waals surface area (Å²) in [5.74, 6) is -0.557. The maximum absolute atomic E-state index is 12.5. The van der Waals surface area contributed by atoms with Gasteiger partial charge in [0.05, 0.1) is 6.42 Å². The Labute approximate surface area is 165 Å². The number of carbonyl (C=O) groups is 2. The van der Waals surface area contributed by atoms with Crippen molar-refractivity contribution in [3.63, 3.8) is 0 Å². The van der Waals surface area contributed by atoms with Crippen LogP contribution in [0.2, 0.25) is 0 Å². The Kier molecular flexibility index (Phi) is 10.5. The molecule has 1 rings (SSSR count). The molecule has 1 amide bonds. The molecule has 0 radical (unpaired) electrons. The van der Waals surface area contributed by atoms with Crippen LogP contribution in [0, 0.1) is 0 Å². The van der Waals surface area contributed by atoms with Crippen molar-refractivity contribution < 1.29 is 19.2 Å². The van der Waals surface area contributed by atoms with E-state index >= 15 is 0 Å². The molecule has 0 aromatic heterocycles. The van der Waals surface area contributed by atoms with E-state index in [0.717, 1.165) is 30.2 Å². The highest BCUT2D eigenvalue weighted by molar-refractivity contribution is 9.09. The Morgan fingerprint density at radius 2 is 1.73 bits per heavy atom. The molecular formula is C20H30BrNO4. The van der Waals surface area contributed by atoms with Crippen LogP contribution in [-0.2, 0) is 25.8 Å². The third kappa shape index (κ3) is 10.6. The fraction of sp³-hybridized carbons (Fsp3) is 0.600. The molecule has 0 unspecified atom stereocenters. The van der Waals surface area contributed by atoms with Crippen LogP contribution in [0.5, 0.6) is 0 Å². The summed E-state index contributed by atoms with van der Waals surface area (Å²) >= 11 is 3.41. The van der Waals surface area contributed by atoms with Gasteiger partial charge in [0, 0.05) is 18.3 Å². The van der Waals surface area contributed by atoms with E-state index in [-0.39, 0.29) is 24.7 Å². The Morgan fingerprint density at radius 1 is 1.04 bits per heavy atom. The number of benzene rings is 1. The summed E-state index contributed by atoms with van der Waals surface area (Å²) < 4.78 is 5.25. The molecule has 0 spiro atoms. The molecule has 1 aromatic rings. The van der Waals surface area contributed by atoms with Crippen LogP contribution in [0.3, 0.4) is 0 Å². The molecular weight excluding hydrogens is 398 g/mol. The monoisotopic (exact) mass is 427 g/mol. The molecule has 5 nitrogen and oxygen atoms in total. The standard InChI is InChI=1S/C20H30BrNO4/c1-20(2,3)26-19(24)13-12-18(23)22(15-9-5-8-14-21)25-16-17-10-6-4-7-11-17/h4,6-7,10-11H,5,8-9,12-16H2,1-3H3. The zero-order chi connectivity index (χ0) is 19.4. The molecule has 6 heteroatoms. The van der Waals surface area contributed by atoms with Gasteiger partial charge >= 0.3 is 5.97 Å². The molecule has 0 aliphatic carbocycles. The Bertz CT molecular complexity index is 542. The first-order valence-corrected chi connectivity index (χ1v) is 10.2. The number of alkyl halides is 1. The number of carbonyl (C=O) groups excluding carboxylic acids is 2. The minimum atomic E-state index is -0.542. The smallest absolute Gasteiger partial charge is 0.306 e. The number of ether oxygens (including phenoxy) is 1. The second kappa shape index (κ2) is 12.1. The number of halogens is 1. The third-order valence-corrected chi connectivity index (χ3v) is 4.03. The minimum absolute atomic E-state index is 0.0582. The van der Waals surface area contributed by atoms with Gasteiger partial charge < -0.3 is 4.74 Å². The average molecular weight is 428 g/mol. The largest absolute Gasteiger partial charge is 0.460 e. The van der Waals surface area contributed by atoms with Gasteiger partial charge in [-0.1, -0.05) is 52.7 Å². The lowest BCUT2D eigenvalue weighted by Crippen LogP contribution is -2.33. The lowest BCUT2D eigenvalue weighted by molar-refractivity contribution is -0.193. The highest BCUT2D eigenvalue weighted by atomic mass is 79.9. The predicted octanol–water partition coefficient (Wildman–Crippen LogP) is 4.63. The van der Waals surface area contributed by atoms with Crippen molar-refractivity contribution in [1.29, 1.82) is 0 Å². The summed E-state index contributed by atoms with van der Waals surface area (Å²) in [5, 5.41) is 2.34. The van der Waals surface area contributed by atoms with E-state index in [1.54, 1.807) is 0 Å². The average Bonchev–Trinajstić information content (AvgIpc) is 2.58. The highest BCUT2D eigenvalue weighted by Crippen LogP contribution is 2.12. The summed E-state index contributed by atoms with van der Waals surface area (Å²) in [6.07, 6.45) is 3.07. The van der Waals surface area contributed by atoms with Crippen LogP contribution >= 0.6 is 15.9 Å². The van der Waals surface area contributed by atoms with Gasteiger partial charge in [0.2, 0.25) is 5.91 Å². The van der Waals surface area contributed by atoms with Crippen molar-refractivity contribution in [2.45, 2.75) is 65.1 Å². The van der Waals surface area contributed by atoms with Crippen molar-refractivity contribution in [2.24, 2.45) is 0 Å². The Morgan fingerprint density at radius 3 is 2.35 bits per heavy atom. The molecule has 0 fully saturated rings. The van der Waals surface area contributed by atoms with Gasteiger partial charge in [0.15, 0.2) is 0 Å². The second-order valence-electron chi connectivity index (χ2n) is 7.09. The first kappa shape index (κ1) is 22.6. The topological polar surface area (TPSA) is 55.8 Å². The molecule has 0 saturated heterocycles. The fourth-order valence-electron chi connectivity index (χ4n) is 2.24. The molecule has 0 aliphatic rings. The number of hydrogen-bond donors (Lipinski definition) is 0. The lowest BCUT2D eigenvalue weighted by Gasteiger charge is -2.23. The number of unbranched alkanes of at least 4 members (excludes halogenated alkanes) is 2. The number of hydrogen-bond acceptors (Lipinski definition) is 4. The summed E-state index contributed by atoms with van der Waals surface area (Å²) in [4.78, 5) is 30.0. The first-order chi connectivity index (χ1) is 12.3. The van der Waals surface area contributed by atoms with E-state index in [4.69, 9.17) is 9.57 Å². The van der Waals surface area contributed by atoms with Crippen LogP contribution < -0.4 is 0 Å². The normalized spacial score (nSPS) is 11.2. The summed E-state index contributed by atoms with van der Waals surface area (Å²) in [6, 6.07) is 9.71. The minimum Gasteiger partial charge on any atom is -0.460 e. The van der Waals surface area contributed by atoms with Gasteiger partial charge in [0.25, 0.3) is 0 Å². The van der Waals surface area contributed by atoms with Crippen LogP contribution in [-0.4, -0.2) is 34.4 Å². The van der Waals surface area contributed by atoms with Gasteiger partial charge in [-0.2, -0.15) is 0 Å². The van der Waals surface area contributed by atoms with Gasteiger partial charge in [-0.25, -0.2) is 5.06 Å². The van der Waals surface area contributed by atoms with Crippen molar-refractivity contribution in [3.05, 3.63) is 35.9 Å². The van der Waals surface area contributed by atoms with Crippen molar-refractivity contribution >= 4 is 27.8 Å². The zero-order valence-corrected chi connectivity index (χ0v) is 17.6. The highest BCUT2D eigenvalue weighted by Gasteiger charge is 2.20. The number of esters is 1. The number of rotatable bonds is 11. The van der Waals surface area contributed by atoms with E-state index in [9.17, 15) is 9.59 Å². The lowest BCUT2D eigenvalue weighted by atomic mass is 10.2. The molecule has 0 atom stereocenters. The zero-order valence-electron chi connectivity index (χ0n) is 16.0. The number of nitrogens with zero attached hydrogens (tertiary/aromatic N) is 1. The second-order valence-corrected chi connectivity index (χ2v) is 7.88. The molecule has 26 heavy (non-hydrogen) atoms. The van der Waals surface area contributed by atoms with Crippen LogP contribution in [0.25, 0.3) is 0 Å². The number of amides is 1. The van der Waals surface area contributed by atoms with Gasteiger partial charge in [-0.3, -0.25) is 14.4 Å². The molecule has 1 aromatic carbocycles.